The Kier molecular flexibility index (Phi) is 4.43. The highest BCUT2D eigenvalue weighted by Crippen LogP contribution is 2.31. The predicted octanol–water partition coefficient (Wildman–Crippen LogP) is 3.91. The summed E-state index contributed by atoms with van der Waals surface area (Å²) in [4.78, 5) is 13.5. The van der Waals surface area contributed by atoms with Crippen molar-refractivity contribution in [2.75, 3.05) is 13.1 Å². The maximum Gasteiger partial charge on any atom is 0.410 e. The summed E-state index contributed by atoms with van der Waals surface area (Å²) in [6.07, 6.45) is -1.84. The topological polar surface area (TPSA) is 47.4 Å². The number of likely N-dealkylation sites (tertiary alicyclic amines) is 1. The summed E-state index contributed by atoms with van der Waals surface area (Å²) in [7, 11) is 0. The van der Waals surface area contributed by atoms with Gasteiger partial charge in [0, 0.05) is 11.9 Å². The van der Waals surface area contributed by atoms with Crippen molar-refractivity contribution >= 4 is 39.6 Å². The first-order valence-electron chi connectivity index (χ1n) is 7.61. The molecule has 1 fully saturated rings. The number of benzene rings is 1. The largest absolute Gasteiger partial charge is 0.444 e. The van der Waals surface area contributed by atoms with Crippen molar-refractivity contribution in [1.29, 1.82) is 0 Å². The third-order valence-corrected chi connectivity index (χ3v) is 4.61. The van der Waals surface area contributed by atoms with E-state index in [2.05, 4.69) is 5.10 Å². The van der Waals surface area contributed by atoms with Gasteiger partial charge >= 0.3 is 6.09 Å². The van der Waals surface area contributed by atoms with E-state index in [1.54, 1.807) is 26.8 Å². The van der Waals surface area contributed by atoms with E-state index in [9.17, 15) is 13.6 Å². The Labute approximate surface area is 152 Å². The summed E-state index contributed by atoms with van der Waals surface area (Å²) < 4.78 is 35.6. The lowest BCUT2D eigenvalue weighted by Crippen LogP contribution is -2.35. The number of ether oxygens (including phenoxy) is 1. The minimum absolute atomic E-state index is 0.0627. The Hall–Kier alpha value is -1.45. The lowest BCUT2D eigenvalue weighted by Gasteiger charge is -2.24. The van der Waals surface area contributed by atoms with Crippen molar-refractivity contribution in [1.82, 2.24) is 14.7 Å². The van der Waals surface area contributed by atoms with E-state index in [4.69, 9.17) is 4.74 Å². The first-order chi connectivity index (χ1) is 11.2. The summed E-state index contributed by atoms with van der Waals surface area (Å²) in [5.41, 5.74) is -0.115. The monoisotopic (exact) mass is 449 g/mol. The maximum atomic E-state index is 14.5. The highest BCUT2D eigenvalue weighted by molar-refractivity contribution is 14.1. The quantitative estimate of drug-likeness (QED) is 0.621. The van der Waals surface area contributed by atoms with Crippen molar-refractivity contribution in [2.24, 2.45) is 0 Å². The Morgan fingerprint density at radius 2 is 2.08 bits per heavy atom. The van der Waals surface area contributed by atoms with Crippen LogP contribution in [0.5, 0.6) is 0 Å². The molecule has 24 heavy (non-hydrogen) atoms. The molecule has 1 aromatic carbocycles. The molecule has 2 atom stereocenters. The fourth-order valence-electron chi connectivity index (χ4n) is 2.78. The zero-order chi connectivity index (χ0) is 17.6. The normalized spacial score (nSPS) is 21.5. The van der Waals surface area contributed by atoms with Gasteiger partial charge in [0.05, 0.1) is 12.1 Å². The van der Waals surface area contributed by atoms with Gasteiger partial charge in [-0.15, -0.1) is 0 Å². The molecule has 2 heterocycles. The summed E-state index contributed by atoms with van der Waals surface area (Å²) in [5.74, 6) is -0.405. The van der Waals surface area contributed by atoms with Gasteiger partial charge in [0.25, 0.3) is 0 Å². The molecule has 3 rings (SSSR count). The van der Waals surface area contributed by atoms with Crippen LogP contribution in [-0.2, 0) is 4.74 Å². The molecular formula is C16H18F2IN3O2. The van der Waals surface area contributed by atoms with Gasteiger partial charge in [-0.1, -0.05) is 0 Å². The van der Waals surface area contributed by atoms with E-state index in [0.29, 0.717) is 9.22 Å². The van der Waals surface area contributed by atoms with Crippen LogP contribution >= 0.6 is 22.6 Å². The molecular weight excluding hydrogens is 431 g/mol. The van der Waals surface area contributed by atoms with Crippen LogP contribution < -0.4 is 0 Å². The van der Waals surface area contributed by atoms with Crippen LogP contribution in [0.4, 0.5) is 13.6 Å². The van der Waals surface area contributed by atoms with Gasteiger partial charge in [-0.25, -0.2) is 13.6 Å². The lowest BCUT2D eigenvalue weighted by molar-refractivity contribution is 0.0281. The number of carbonyl (C=O) groups is 1. The van der Waals surface area contributed by atoms with Crippen LogP contribution in [0.3, 0.4) is 0 Å². The smallest absolute Gasteiger partial charge is 0.410 e. The lowest BCUT2D eigenvalue weighted by atomic mass is 10.2. The van der Waals surface area contributed by atoms with E-state index >= 15 is 0 Å². The van der Waals surface area contributed by atoms with Crippen LogP contribution in [0.2, 0.25) is 0 Å². The van der Waals surface area contributed by atoms with Crippen molar-refractivity contribution in [3.8, 4) is 0 Å². The fraction of sp³-hybridized carbons (Fsp3) is 0.500. The SMILES string of the molecule is CC(C)(C)OC(=O)N1C[C@@H](n2nc(I)c3ccc(F)cc32)[C@@H](F)C1. The molecule has 1 aromatic heterocycles. The molecule has 0 aliphatic carbocycles. The van der Waals surface area contributed by atoms with Gasteiger partial charge in [0.2, 0.25) is 0 Å². The molecule has 0 bridgehead atoms. The molecule has 5 nitrogen and oxygen atoms in total. The molecule has 1 saturated heterocycles. The summed E-state index contributed by atoms with van der Waals surface area (Å²) in [5, 5.41) is 5.11. The van der Waals surface area contributed by atoms with Crippen LogP contribution in [0.25, 0.3) is 10.9 Å². The molecule has 1 aliphatic heterocycles. The molecule has 1 amide bonds. The Balaban J connectivity index is 1.88. The number of carbonyl (C=O) groups excluding carboxylic acids is 1. The van der Waals surface area contributed by atoms with Gasteiger partial charge in [-0.2, -0.15) is 5.10 Å². The van der Waals surface area contributed by atoms with E-state index in [-0.39, 0.29) is 13.1 Å². The van der Waals surface area contributed by atoms with E-state index in [1.807, 2.05) is 22.6 Å². The summed E-state index contributed by atoms with van der Waals surface area (Å²) in [6.45, 7) is 5.36. The third-order valence-electron chi connectivity index (χ3n) is 3.81. The summed E-state index contributed by atoms with van der Waals surface area (Å²) >= 11 is 2.04. The van der Waals surface area contributed by atoms with Crippen molar-refractivity contribution < 1.29 is 18.3 Å². The Bertz CT molecular complexity index is 787. The van der Waals surface area contributed by atoms with Crippen LogP contribution in [0.15, 0.2) is 18.2 Å². The third kappa shape index (κ3) is 3.33. The second kappa shape index (κ2) is 6.12. The first-order valence-corrected chi connectivity index (χ1v) is 8.69. The van der Waals surface area contributed by atoms with Gasteiger partial charge in [-0.3, -0.25) is 4.68 Å². The minimum atomic E-state index is -1.29. The number of halogens is 3. The van der Waals surface area contributed by atoms with Crippen molar-refractivity contribution in [3.63, 3.8) is 0 Å². The number of hydrogen-bond donors (Lipinski definition) is 0. The molecule has 0 spiro atoms. The molecule has 2 aromatic rings. The molecule has 0 unspecified atom stereocenters. The zero-order valence-electron chi connectivity index (χ0n) is 13.6. The molecule has 8 heteroatoms. The number of aromatic nitrogens is 2. The standard InChI is InChI=1S/C16H18F2IN3O2/c1-16(2,3)24-15(23)21-7-11(18)13(8-21)22-12-6-9(17)4-5-10(12)14(19)20-22/h4-6,11,13H,7-8H2,1-3H3/t11-,13+/m0/s1. The fourth-order valence-corrected chi connectivity index (χ4v) is 3.47. The van der Waals surface area contributed by atoms with Gasteiger partial charge in [0.15, 0.2) is 0 Å². The second-order valence-electron chi connectivity index (χ2n) is 6.87. The predicted molar refractivity (Wildman–Crippen MR) is 94.1 cm³/mol. The average molecular weight is 449 g/mol. The average Bonchev–Trinajstić information content (AvgIpc) is 2.98. The van der Waals surface area contributed by atoms with E-state index < -0.39 is 29.7 Å². The van der Waals surface area contributed by atoms with E-state index in [0.717, 1.165) is 5.39 Å². The summed E-state index contributed by atoms with van der Waals surface area (Å²) in [6, 6.07) is 3.66. The van der Waals surface area contributed by atoms with Gasteiger partial charge < -0.3 is 9.64 Å². The Morgan fingerprint density at radius 1 is 1.38 bits per heavy atom. The highest BCUT2D eigenvalue weighted by atomic mass is 127. The van der Waals surface area contributed by atoms with Crippen LogP contribution in [0, 0.1) is 9.52 Å². The minimum Gasteiger partial charge on any atom is -0.444 e. The molecule has 0 N–H and O–H groups in total. The number of rotatable bonds is 1. The van der Waals surface area contributed by atoms with Gasteiger partial charge in [-0.05, 0) is 61.6 Å². The molecule has 0 saturated carbocycles. The van der Waals surface area contributed by atoms with Crippen LogP contribution in [-0.4, -0.2) is 45.6 Å². The number of nitrogens with zero attached hydrogens (tertiary/aromatic N) is 3. The van der Waals surface area contributed by atoms with Gasteiger partial charge in [0.1, 0.15) is 27.3 Å². The maximum absolute atomic E-state index is 14.5. The van der Waals surface area contributed by atoms with Crippen molar-refractivity contribution in [2.45, 2.75) is 38.6 Å². The molecule has 0 radical (unpaired) electrons. The van der Waals surface area contributed by atoms with Crippen LogP contribution in [0.1, 0.15) is 26.8 Å². The number of alkyl halides is 1. The second-order valence-corrected chi connectivity index (χ2v) is 7.89. The number of amides is 1. The highest BCUT2D eigenvalue weighted by Gasteiger charge is 2.39. The molecule has 130 valence electrons. The number of fused-ring (bicyclic) bond motifs is 1. The van der Waals surface area contributed by atoms with Crippen molar-refractivity contribution in [3.05, 3.63) is 27.7 Å². The Morgan fingerprint density at radius 3 is 2.75 bits per heavy atom. The number of hydrogen-bond acceptors (Lipinski definition) is 3. The van der Waals surface area contributed by atoms with E-state index in [1.165, 1.54) is 21.7 Å². The zero-order valence-corrected chi connectivity index (χ0v) is 15.8. The first kappa shape index (κ1) is 17.4. The molecule has 1 aliphatic rings.